The van der Waals surface area contributed by atoms with Crippen LogP contribution in [0.15, 0.2) is 79.3 Å². The first-order valence-corrected chi connectivity index (χ1v) is 10.4. The Bertz CT molecular complexity index is 1390. The minimum atomic E-state index is -0.313. The molecule has 7 nitrogen and oxygen atoms in total. The number of carbonyl (C=O) groups excluding carboxylic acids is 1. The first-order valence-electron chi connectivity index (χ1n) is 10.4. The van der Waals surface area contributed by atoms with E-state index < -0.39 is 0 Å². The van der Waals surface area contributed by atoms with E-state index >= 15 is 0 Å². The highest BCUT2D eigenvalue weighted by molar-refractivity contribution is 5.94. The van der Waals surface area contributed by atoms with E-state index in [-0.39, 0.29) is 11.9 Å². The summed E-state index contributed by atoms with van der Waals surface area (Å²) in [6.07, 6.45) is 3.25. The predicted molar refractivity (Wildman–Crippen MR) is 123 cm³/mol. The average molecular weight is 422 g/mol. The molecule has 2 N–H and O–H groups in total. The highest BCUT2D eigenvalue weighted by Gasteiger charge is 2.19. The topological polar surface area (TPSA) is 88.5 Å². The maximum atomic E-state index is 13.1. The number of fused-ring (bicyclic) bond motifs is 1. The van der Waals surface area contributed by atoms with Crippen LogP contribution in [0.25, 0.3) is 16.9 Å². The number of nitrogens with zero attached hydrogens (tertiary/aromatic N) is 4. The summed E-state index contributed by atoms with van der Waals surface area (Å²) in [5.74, 6) is 0.479. The van der Waals surface area contributed by atoms with Crippen molar-refractivity contribution in [1.29, 1.82) is 0 Å². The van der Waals surface area contributed by atoms with Crippen molar-refractivity contribution in [2.45, 2.75) is 19.9 Å². The molecule has 0 fully saturated rings. The second kappa shape index (κ2) is 8.11. The van der Waals surface area contributed by atoms with Gasteiger partial charge in [-0.25, -0.2) is 14.6 Å². The van der Waals surface area contributed by atoms with Crippen molar-refractivity contribution in [1.82, 2.24) is 30.0 Å². The van der Waals surface area contributed by atoms with Crippen molar-refractivity contribution in [2.75, 3.05) is 0 Å². The number of aromatic nitrogens is 5. The number of benzene rings is 2. The van der Waals surface area contributed by atoms with Crippen LogP contribution >= 0.6 is 0 Å². The number of carbonyl (C=O) groups is 1. The van der Waals surface area contributed by atoms with E-state index in [0.717, 1.165) is 33.5 Å². The second-order valence-electron chi connectivity index (χ2n) is 7.74. The van der Waals surface area contributed by atoms with E-state index in [1.807, 2.05) is 74.5 Å². The molecule has 0 bridgehead atoms. The Balaban J connectivity index is 1.44. The van der Waals surface area contributed by atoms with Gasteiger partial charge in [0.05, 0.1) is 34.7 Å². The van der Waals surface area contributed by atoms with Gasteiger partial charge < -0.3 is 10.3 Å². The third-order valence-corrected chi connectivity index (χ3v) is 5.42. The molecule has 2 aromatic carbocycles. The lowest BCUT2D eigenvalue weighted by Crippen LogP contribution is -2.29. The summed E-state index contributed by atoms with van der Waals surface area (Å²) in [4.78, 5) is 25.0. The Labute approximate surface area is 185 Å². The van der Waals surface area contributed by atoms with Gasteiger partial charge in [0.15, 0.2) is 5.82 Å². The van der Waals surface area contributed by atoms with Gasteiger partial charge in [0.1, 0.15) is 0 Å². The fourth-order valence-corrected chi connectivity index (χ4v) is 3.86. The Morgan fingerprint density at radius 2 is 1.81 bits per heavy atom. The normalized spacial score (nSPS) is 12.1. The van der Waals surface area contributed by atoms with Crippen LogP contribution in [0.3, 0.4) is 0 Å². The number of nitrogens with one attached hydrogen (secondary N) is 2. The predicted octanol–water partition coefficient (Wildman–Crippen LogP) is 4.28. The van der Waals surface area contributed by atoms with Crippen molar-refractivity contribution in [3.05, 3.63) is 107 Å². The van der Waals surface area contributed by atoms with Crippen LogP contribution in [-0.4, -0.2) is 30.6 Å². The summed E-state index contributed by atoms with van der Waals surface area (Å²) in [6.45, 7) is 3.92. The minimum absolute atomic E-state index is 0.198. The number of H-pyrrole nitrogens is 1. The zero-order valence-electron chi connectivity index (χ0n) is 17.8. The van der Waals surface area contributed by atoms with Gasteiger partial charge in [-0.05, 0) is 55.3 Å². The molecular weight excluding hydrogens is 400 g/mol. The van der Waals surface area contributed by atoms with Crippen LogP contribution in [0.1, 0.15) is 38.9 Å². The molecule has 0 aliphatic rings. The van der Waals surface area contributed by atoms with Crippen LogP contribution < -0.4 is 5.32 Å². The largest absolute Gasteiger partial charge is 0.345 e. The van der Waals surface area contributed by atoms with Crippen LogP contribution in [0.4, 0.5) is 0 Å². The molecule has 0 saturated carbocycles. The fourth-order valence-electron chi connectivity index (χ4n) is 3.86. The van der Waals surface area contributed by atoms with Crippen molar-refractivity contribution >= 4 is 16.9 Å². The molecule has 0 spiro atoms. The van der Waals surface area contributed by atoms with Crippen LogP contribution in [-0.2, 0) is 0 Å². The smallest absolute Gasteiger partial charge is 0.253 e. The first-order chi connectivity index (χ1) is 15.6. The van der Waals surface area contributed by atoms with Gasteiger partial charge in [-0.15, -0.1) is 0 Å². The third kappa shape index (κ3) is 3.76. The number of aromatic amines is 1. The summed E-state index contributed by atoms with van der Waals surface area (Å²) in [5, 5.41) is 7.61. The van der Waals surface area contributed by atoms with Crippen LogP contribution in [0.5, 0.6) is 0 Å². The maximum Gasteiger partial charge on any atom is 0.253 e. The number of hydrogen-bond donors (Lipinski definition) is 2. The van der Waals surface area contributed by atoms with E-state index in [1.54, 1.807) is 23.3 Å². The molecule has 1 unspecified atom stereocenters. The highest BCUT2D eigenvalue weighted by atomic mass is 16.1. The van der Waals surface area contributed by atoms with Gasteiger partial charge in [0.2, 0.25) is 0 Å². The Morgan fingerprint density at radius 3 is 2.53 bits per heavy atom. The van der Waals surface area contributed by atoms with Gasteiger partial charge in [-0.2, -0.15) is 5.10 Å². The Hall–Kier alpha value is -4.26. The van der Waals surface area contributed by atoms with E-state index in [9.17, 15) is 4.79 Å². The number of rotatable bonds is 5. The van der Waals surface area contributed by atoms with Gasteiger partial charge in [-0.1, -0.05) is 36.4 Å². The molecule has 1 amide bonds. The summed E-state index contributed by atoms with van der Waals surface area (Å²) in [5.41, 5.74) is 6.17. The first kappa shape index (κ1) is 19.7. The van der Waals surface area contributed by atoms with Crippen LogP contribution in [0, 0.1) is 13.8 Å². The lowest BCUT2D eigenvalue weighted by Gasteiger charge is -2.20. The molecule has 5 aromatic rings. The van der Waals surface area contributed by atoms with E-state index in [4.69, 9.17) is 0 Å². The second-order valence-corrected chi connectivity index (χ2v) is 7.74. The third-order valence-electron chi connectivity index (χ3n) is 5.42. The number of hydrogen-bond acceptors (Lipinski definition) is 4. The molecule has 3 aromatic heterocycles. The summed E-state index contributed by atoms with van der Waals surface area (Å²) < 4.78 is 1.77. The van der Waals surface area contributed by atoms with Gasteiger partial charge >= 0.3 is 0 Å². The fraction of sp³-hybridized carbons (Fsp3) is 0.120. The zero-order chi connectivity index (χ0) is 22.1. The molecule has 0 aliphatic heterocycles. The molecule has 3 heterocycles. The standard InChI is InChI=1S/C25H22N6O/c1-16-12-17(2)31(30-16)23-11-9-20(14-26-23)25(32)29-24(18-6-4-3-5-7-18)19-8-10-21-22(13-19)28-15-27-21/h3-15,24H,1-2H3,(H,27,28)(H,29,32). The molecule has 5 rings (SSSR count). The quantitative estimate of drug-likeness (QED) is 0.442. The lowest BCUT2D eigenvalue weighted by atomic mass is 9.98. The maximum absolute atomic E-state index is 13.1. The van der Waals surface area contributed by atoms with Crippen molar-refractivity contribution in [2.24, 2.45) is 0 Å². The summed E-state index contributed by atoms with van der Waals surface area (Å²) >= 11 is 0. The summed E-state index contributed by atoms with van der Waals surface area (Å²) in [7, 11) is 0. The monoisotopic (exact) mass is 422 g/mol. The van der Waals surface area contributed by atoms with E-state index in [1.165, 1.54) is 0 Å². The SMILES string of the molecule is Cc1cc(C)n(-c2ccc(C(=O)NC(c3ccccc3)c3ccc4nc[nH]c4c3)cn2)n1. The zero-order valence-corrected chi connectivity index (χ0v) is 17.8. The minimum Gasteiger partial charge on any atom is -0.345 e. The van der Waals surface area contributed by atoms with Crippen molar-refractivity contribution in [3.8, 4) is 5.82 Å². The van der Waals surface area contributed by atoms with Crippen molar-refractivity contribution < 1.29 is 4.79 Å². The Morgan fingerprint density at radius 1 is 0.969 bits per heavy atom. The van der Waals surface area contributed by atoms with Crippen LogP contribution in [0.2, 0.25) is 0 Å². The van der Waals surface area contributed by atoms with E-state index in [2.05, 4.69) is 25.4 Å². The highest BCUT2D eigenvalue weighted by Crippen LogP contribution is 2.25. The van der Waals surface area contributed by atoms with Gasteiger partial charge in [0.25, 0.3) is 5.91 Å². The number of imidazole rings is 1. The number of aryl methyl sites for hydroxylation is 2. The molecule has 0 aliphatic carbocycles. The average Bonchev–Trinajstić information content (AvgIpc) is 3.43. The lowest BCUT2D eigenvalue weighted by molar-refractivity contribution is 0.0942. The van der Waals surface area contributed by atoms with Crippen molar-refractivity contribution in [3.63, 3.8) is 0 Å². The molecule has 32 heavy (non-hydrogen) atoms. The molecule has 7 heteroatoms. The molecule has 1 atom stereocenters. The van der Waals surface area contributed by atoms with E-state index in [0.29, 0.717) is 11.4 Å². The number of amides is 1. The number of pyridine rings is 1. The van der Waals surface area contributed by atoms with Gasteiger partial charge in [-0.3, -0.25) is 4.79 Å². The Kier molecular flexibility index (Phi) is 4.99. The molecule has 0 radical (unpaired) electrons. The molecule has 158 valence electrons. The molecule has 0 saturated heterocycles. The molecular formula is C25H22N6O. The summed E-state index contributed by atoms with van der Waals surface area (Å²) in [6, 6.07) is 21.1. The van der Waals surface area contributed by atoms with Gasteiger partial charge in [0, 0.05) is 11.9 Å².